The molecule has 74 valence electrons. The molecule has 2 unspecified atom stereocenters. The molecule has 0 aliphatic carbocycles. The van der Waals surface area contributed by atoms with Crippen molar-refractivity contribution >= 4 is 5.97 Å². The molecule has 3 heteroatoms. The first-order chi connectivity index (χ1) is 6.07. The van der Waals surface area contributed by atoms with Crippen LogP contribution in [0, 0.1) is 5.92 Å². The van der Waals surface area contributed by atoms with E-state index in [1.807, 2.05) is 0 Å². The molecule has 0 aromatic rings. The standard InChI is InChI=1S/C10H16O3/c1-8(10(12)13-3)6-4-5-7-9(2)11/h4-9,11H,1-3H3/b6-4+,7-5+. The van der Waals surface area contributed by atoms with Crippen LogP contribution in [0.3, 0.4) is 0 Å². The Bertz CT molecular complexity index is 204. The van der Waals surface area contributed by atoms with E-state index in [2.05, 4.69) is 4.74 Å². The minimum absolute atomic E-state index is 0.247. The summed E-state index contributed by atoms with van der Waals surface area (Å²) in [5.41, 5.74) is 0. The van der Waals surface area contributed by atoms with Gasteiger partial charge in [0.15, 0.2) is 0 Å². The van der Waals surface area contributed by atoms with E-state index in [1.165, 1.54) is 7.11 Å². The maximum absolute atomic E-state index is 10.9. The lowest BCUT2D eigenvalue weighted by Gasteiger charge is -2.01. The summed E-state index contributed by atoms with van der Waals surface area (Å²) in [7, 11) is 1.36. The van der Waals surface area contributed by atoms with Gasteiger partial charge in [-0.3, -0.25) is 4.79 Å². The van der Waals surface area contributed by atoms with Gasteiger partial charge in [-0.1, -0.05) is 24.3 Å². The van der Waals surface area contributed by atoms with Crippen LogP contribution in [0.25, 0.3) is 0 Å². The smallest absolute Gasteiger partial charge is 0.312 e. The second-order valence-corrected chi connectivity index (χ2v) is 2.82. The van der Waals surface area contributed by atoms with Crippen molar-refractivity contribution in [2.75, 3.05) is 7.11 Å². The topological polar surface area (TPSA) is 46.5 Å². The van der Waals surface area contributed by atoms with Crippen LogP contribution >= 0.6 is 0 Å². The van der Waals surface area contributed by atoms with Crippen molar-refractivity contribution < 1.29 is 14.6 Å². The fraction of sp³-hybridized carbons (Fsp3) is 0.500. The fourth-order valence-electron chi connectivity index (χ4n) is 0.720. The van der Waals surface area contributed by atoms with Crippen molar-refractivity contribution in [3.05, 3.63) is 24.3 Å². The number of aliphatic hydroxyl groups excluding tert-OH is 1. The zero-order chi connectivity index (χ0) is 10.3. The second-order valence-electron chi connectivity index (χ2n) is 2.82. The van der Waals surface area contributed by atoms with Crippen LogP contribution in [0.2, 0.25) is 0 Å². The number of rotatable bonds is 4. The monoisotopic (exact) mass is 184 g/mol. The molecule has 0 radical (unpaired) electrons. The van der Waals surface area contributed by atoms with E-state index in [1.54, 1.807) is 38.2 Å². The predicted molar refractivity (Wildman–Crippen MR) is 51.1 cm³/mol. The highest BCUT2D eigenvalue weighted by Gasteiger charge is 2.07. The molecule has 0 rings (SSSR count). The lowest BCUT2D eigenvalue weighted by atomic mass is 10.1. The summed E-state index contributed by atoms with van der Waals surface area (Å²) in [4.78, 5) is 10.9. The highest BCUT2D eigenvalue weighted by Crippen LogP contribution is 1.99. The molecule has 0 spiro atoms. The molecule has 0 bridgehead atoms. The summed E-state index contributed by atoms with van der Waals surface area (Å²) in [6, 6.07) is 0. The summed E-state index contributed by atoms with van der Waals surface area (Å²) in [5.74, 6) is -0.509. The second kappa shape index (κ2) is 6.43. The molecule has 0 saturated heterocycles. The molecule has 0 aliphatic heterocycles. The number of carbonyl (C=O) groups excluding carboxylic acids is 1. The van der Waals surface area contributed by atoms with Gasteiger partial charge >= 0.3 is 5.97 Å². The average Bonchev–Trinajstić information content (AvgIpc) is 2.10. The lowest BCUT2D eigenvalue weighted by Crippen LogP contribution is -2.09. The molecule has 0 fully saturated rings. The van der Waals surface area contributed by atoms with Crippen LogP contribution in [-0.4, -0.2) is 24.3 Å². The van der Waals surface area contributed by atoms with E-state index in [0.717, 1.165) is 0 Å². The van der Waals surface area contributed by atoms with Gasteiger partial charge in [0, 0.05) is 0 Å². The number of methoxy groups -OCH3 is 1. The summed E-state index contributed by atoms with van der Waals surface area (Å²) >= 11 is 0. The SMILES string of the molecule is COC(=O)C(C)/C=C/C=C/C(C)O. The first-order valence-corrected chi connectivity index (χ1v) is 4.18. The molecule has 13 heavy (non-hydrogen) atoms. The number of esters is 1. The van der Waals surface area contributed by atoms with Crippen molar-refractivity contribution in [2.24, 2.45) is 5.92 Å². The number of allylic oxidation sites excluding steroid dienone is 2. The van der Waals surface area contributed by atoms with Gasteiger partial charge in [0.05, 0.1) is 19.1 Å². The molecule has 0 amide bonds. The van der Waals surface area contributed by atoms with Gasteiger partial charge in [-0.15, -0.1) is 0 Å². The maximum atomic E-state index is 10.9. The Morgan fingerprint density at radius 2 is 1.85 bits per heavy atom. The van der Waals surface area contributed by atoms with Crippen molar-refractivity contribution in [1.82, 2.24) is 0 Å². The first kappa shape index (κ1) is 11.9. The van der Waals surface area contributed by atoms with Crippen molar-refractivity contribution in [1.29, 1.82) is 0 Å². The number of hydrogen-bond acceptors (Lipinski definition) is 3. The number of ether oxygens (including phenoxy) is 1. The van der Waals surface area contributed by atoms with Crippen LogP contribution < -0.4 is 0 Å². The third kappa shape index (κ3) is 6.11. The minimum atomic E-state index is -0.460. The largest absolute Gasteiger partial charge is 0.469 e. The summed E-state index contributed by atoms with van der Waals surface area (Å²) in [5, 5.41) is 8.86. The van der Waals surface area contributed by atoms with E-state index in [-0.39, 0.29) is 11.9 Å². The molecule has 1 N–H and O–H groups in total. The van der Waals surface area contributed by atoms with Gasteiger partial charge in [-0.2, -0.15) is 0 Å². The molecule has 0 saturated carbocycles. The maximum Gasteiger partial charge on any atom is 0.312 e. The summed E-state index contributed by atoms with van der Waals surface area (Å²) in [6.07, 6.45) is 6.29. The fourth-order valence-corrected chi connectivity index (χ4v) is 0.720. The third-order valence-electron chi connectivity index (χ3n) is 1.47. The van der Waals surface area contributed by atoms with Crippen LogP contribution in [0.1, 0.15) is 13.8 Å². The Labute approximate surface area is 78.7 Å². The van der Waals surface area contributed by atoms with Gasteiger partial charge in [0.25, 0.3) is 0 Å². The van der Waals surface area contributed by atoms with E-state index in [9.17, 15) is 4.79 Å². The molecule has 3 nitrogen and oxygen atoms in total. The first-order valence-electron chi connectivity index (χ1n) is 4.18. The predicted octanol–water partition coefficient (Wildman–Crippen LogP) is 1.29. The van der Waals surface area contributed by atoms with Crippen LogP contribution in [0.5, 0.6) is 0 Å². The average molecular weight is 184 g/mol. The van der Waals surface area contributed by atoms with Crippen LogP contribution in [-0.2, 0) is 9.53 Å². The minimum Gasteiger partial charge on any atom is -0.469 e. The Morgan fingerprint density at radius 1 is 1.31 bits per heavy atom. The van der Waals surface area contributed by atoms with Gasteiger partial charge in [-0.25, -0.2) is 0 Å². The van der Waals surface area contributed by atoms with E-state index >= 15 is 0 Å². The lowest BCUT2D eigenvalue weighted by molar-refractivity contribution is -0.143. The Kier molecular flexibility index (Phi) is 5.89. The van der Waals surface area contributed by atoms with Crippen molar-refractivity contribution in [3.8, 4) is 0 Å². The zero-order valence-electron chi connectivity index (χ0n) is 8.23. The zero-order valence-corrected chi connectivity index (χ0v) is 8.23. The molecule has 0 aliphatic rings. The molecule has 2 atom stereocenters. The Hall–Kier alpha value is -1.09. The molecule has 0 heterocycles. The van der Waals surface area contributed by atoms with Gasteiger partial charge in [0.1, 0.15) is 0 Å². The van der Waals surface area contributed by atoms with Gasteiger partial charge < -0.3 is 9.84 Å². The van der Waals surface area contributed by atoms with Gasteiger partial charge in [0.2, 0.25) is 0 Å². The van der Waals surface area contributed by atoms with E-state index < -0.39 is 6.10 Å². The summed E-state index contributed by atoms with van der Waals surface area (Å²) < 4.78 is 4.53. The number of aliphatic hydroxyl groups is 1. The van der Waals surface area contributed by atoms with Crippen molar-refractivity contribution in [3.63, 3.8) is 0 Å². The summed E-state index contributed by atoms with van der Waals surface area (Å²) in [6.45, 7) is 3.41. The highest BCUT2D eigenvalue weighted by atomic mass is 16.5. The van der Waals surface area contributed by atoms with E-state index in [0.29, 0.717) is 0 Å². The normalized spacial score (nSPS) is 16.3. The third-order valence-corrected chi connectivity index (χ3v) is 1.47. The molecular formula is C10H16O3. The van der Waals surface area contributed by atoms with Crippen molar-refractivity contribution in [2.45, 2.75) is 20.0 Å². The highest BCUT2D eigenvalue weighted by molar-refractivity contribution is 5.73. The van der Waals surface area contributed by atoms with Gasteiger partial charge in [-0.05, 0) is 13.8 Å². The molecule has 0 aromatic heterocycles. The van der Waals surface area contributed by atoms with Crippen LogP contribution in [0.15, 0.2) is 24.3 Å². The number of carbonyl (C=O) groups is 1. The van der Waals surface area contributed by atoms with Crippen LogP contribution in [0.4, 0.5) is 0 Å². The Morgan fingerprint density at radius 3 is 2.31 bits per heavy atom. The Balaban J connectivity index is 3.91. The quantitative estimate of drug-likeness (QED) is 0.529. The van der Waals surface area contributed by atoms with E-state index in [4.69, 9.17) is 5.11 Å². The molecular weight excluding hydrogens is 168 g/mol. The molecule has 0 aromatic carbocycles. The number of hydrogen-bond donors (Lipinski definition) is 1.